The molecule has 5 heteroatoms. The minimum absolute atomic E-state index is 0.0704. The van der Waals surface area contributed by atoms with Gasteiger partial charge in [0.1, 0.15) is 5.76 Å². The lowest BCUT2D eigenvalue weighted by Crippen LogP contribution is -1.98. The highest BCUT2D eigenvalue weighted by atomic mass is 19.1. The number of furan rings is 1. The van der Waals surface area contributed by atoms with Gasteiger partial charge in [0.05, 0.1) is 5.56 Å². The van der Waals surface area contributed by atoms with Gasteiger partial charge in [0.15, 0.2) is 0 Å². The highest BCUT2D eigenvalue weighted by Gasteiger charge is 2.11. The first kappa shape index (κ1) is 10.2. The number of carbonyl (C=O) groups is 1. The summed E-state index contributed by atoms with van der Waals surface area (Å²) >= 11 is 0. The van der Waals surface area contributed by atoms with Crippen LogP contribution in [0.25, 0.3) is 11.3 Å². The molecular formula is C11H8FNO3. The van der Waals surface area contributed by atoms with E-state index in [1.807, 2.05) is 0 Å². The Morgan fingerprint density at radius 1 is 1.31 bits per heavy atom. The number of aromatic carboxylic acids is 1. The van der Waals surface area contributed by atoms with E-state index in [0.717, 1.165) is 6.07 Å². The van der Waals surface area contributed by atoms with Crippen molar-refractivity contribution >= 4 is 11.7 Å². The molecule has 0 bridgehead atoms. The average molecular weight is 221 g/mol. The Kier molecular flexibility index (Phi) is 2.36. The van der Waals surface area contributed by atoms with Gasteiger partial charge >= 0.3 is 5.97 Å². The second kappa shape index (κ2) is 3.69. The quantitative estimate of drug-likeness (QED) is 0.763. The molecule has 1 aromatic heterocycles. The molecule has 4 nitrogen and oxygen atoms in total. The van der Waals surface area contributed by atoms with Crippen molar-refractivity contribution in [1.29, 1.82) is 0 Å². The summed E-state index contributed by atoms with van der Waals surface area (Å²) in [5.41, 5.74) is 6.42. The summed E-state index contributed by atoms with van der Waals surface area (Å²) in [4.78, 5) is 10.8. The van der Waals surface area contributed by atoms with Gasteiger partial charge in [0.2, 0.25) is 0 Å². The van der Waals surface area contributed by atoms with Crippen molar-refractivity contribution in [3.8, 4) is 11.3 Å². The minimum atomic E-state index is -1.08. The van der Waals surface area contributed by atoms with E-state index in [9.17, 15) is 9.18 Å². The van der Waals surface area contributed by atoms with Crippen LogP contribution < -0.4 is 5.73 Å². The summed E-state index contributed by atoms with van der Waals surface area (Å²) in [7, 11) is 0. The predicted molar refractivity (Wildman–Crippen MR) is 55.5 cm³/mol. The Morgan fingerprint density at radius 3 is 2.62 bits per heavy atom. The Labute approximate surface area is 90.1 Å². The molecule has 3 N–H and O–H groups in total. The number of carboxylic acid groups (broad SMARTS) is 1. The maximum atomic E-state index is 12.7. The molecule has 0 aliphatic heterocycles. The fourth-order valence-electron chi connectivity index (χ4n) is 1.36. The van der Waals surface area contributed by atoms with Crippen LogP contribution in [0.5, 0.6) is 0 Å². The van der Waals surface area contributed by atoms with Crippen molar-refractivity contribution in [1.82, 2.24) is 0 Å². The molecule has 0 aliphatic rings. The highest BCUT2D eigenvalue weighted by Crippen LogP contribution is 2.28. The average Bonchev–Trinajstić information content (AvgIpc) is 2.65. The molecule has 1 aromatic carbocycles. The molecule has 16 heavy (non-hydrogen) atoms. The number of hydrogen-bond donors (Lipinski definition) is 2. The third kappa shape index (κ3) is 1.75. The molecule has 0 saturated heterocycles. The predicted octanol–water partition coefficient (Wildman–Crippen LogP) is 2.37. The standard InChI is InChI=1S/C11H8FNO3/c12-10-4-3-9(16-10)7-5-6(11(14)15)1-2-8(7)13/h1-5H,13H2,(H,14,15). The van der Waals surface area contributed by atoms with Gasteiger partial charge in [-0.1, -0.05) is 0 Å². The van der Waals surface area contributed by atoms with E-state index in [1.54, 1.807) is 0 Å². The zero-order valence-electron chi connectivity index (χ0n) is 8.11. The topological polar surface area (TPSA) is 76.5 Å². The normalized spacial score (nSPS) is 10.3. The lowest BCUT2D eigenvalue weighted by molar-refractivity contribution is 0.0697. The first-order valence-corrected chi connectivity index (χ1v) is 4.46. The Bertz CT molecular complexity index is 548. The Morgan fingerprint density at radius 2 is 2.06 bits per heavy atom. The first-order valence-electron chi connectivity index (χ1n) is 4.46. The largest absolute Gasteiger partial charge is 0.478 e. The summed E-state index contributed by atoms with van der Waals surface area (Å²) in [6.07, 6.45) is 0. The Balaban J connectivity index is 2.55. The van der Waals surface area contributed by atoms with E-state index in [1.165, 1.54) is 24.3 Å². The molecule has 0 fully saturated rings. The van der Waals surface area contributed by atoms with Crippen LogP contribution in [0.2, 0.25) is 0 Å². The number of nitrogens with two attached hydrogens (primary N) is 1. The monoisotopic (exact) mass is 221 g/mol. The first-order chi connectivity index (χ1) is 7.58. The summed E-state index contributed by atoms with van der Waals surface area (Å²) in [5.74, 6) is -0.869. The van der Waals surface area contributed by atoms with E-state index >= 15 is 0 Å². The second-order valence-electron chi connectivity index (χ2n) is 3.21. The van der Waals surface area contributed by atoms with Gasteiger partial charge in [0.25, 0.3) is 6.01 Å². The van der Waals surface area contributed by atoms with Gasteiger partial charge in [-0.05, 0) is 24.3 Å². The summed E-state index contributed by atoms with van der Waals surface area (Å²) in [6, 6.07) is 5.96. The fourth-order valence-corrected chi connectivity index (χ4v) is 1.36. The van der Waals surface area contributed by atoms with Crippen molar-refractivity contribution in [2.45, 2.75) is 0 Å². The van der Waals surface area contributed by atoms with Crippen LogP contribution in [0.1, 0.15) is 10.4 Å². The molecule has 0 unspecified atom stereocenters. The molecule has 0 aliphatic carbocycles. The summed E-state index contributed by atoms with van der Waals surface area (Å²) in [5, 5.41) is 8.81. The zero-order chi connectivity index (χ0) is 11.7. The number of anilines is 1. The number of carboxylic acids is 1. The molecule has 2 aromatic rings. The van der Waals surface area contributed by atoms with E-state index in [2.05, 4.69) is 0 Å². The third-order valence-electron chi connectivity index (χ3n) is 2.14. The number of benzene rings is 1. The highest BCUT2D eigenvalue weighted by molar-refractivity contribution is 5.91. The SMILES string of the molecule is Nc1ccc(C(=O)O)cc1-c1ccc(F)o1. The maximum Gasteiger partial charge on any atom is 0.335 e. The van der Waals surface area contributed by atoms with Crippen molar-refractivity contribution in [3.05, 3.63) is 41.9 Å². The van der Waals surface area contributed by atoms with E-state index in [0.29, 0.717) is 11.3 Å². The van der Waals surface area contributed by atoms with Crippen LogP contribution in [0, 0.1) is 6.01 Å². The molecule has 82 valence electrons. The van der Waals surface area contributed by atoms with Crippen LogP contribution in [0.4, 0.5) is 10.1 Å². The van der Waals surface area contributed by atoms with Crippen molar-refractivity contribution in [2.75, 3.05) is 5.73 Å². The zero-order valence-corrected chi connectivity index (χ0v) is 8.11. The van der Waals surface area contributed by atoms with Crippen molar-refractivity contribution in [3.63, 3.8) is 0 Å². The van der Waals surface area contributed by atoms with Crippen molar-refractivity contribution in [2.24, 2.45) is 0 Å². The number of hydrogen-bond acceptors (Lipinski definition) is 3. The van der Waals surface area contributed by atoms with Gasteiger partial charge < -0.3 is 15.3 Å². The van der Waals surface area contributed by atoms with Crippen LogP contribution in [-0.4, -0.2) is 11.1 Å². The number of halogens is 1. The number of rotatable bonds is 2. The third-order valence-corrected chi connectivity index (χ3v) is 2.14. The molecule has 2 rings (SSSR count). The van der Waals surface area contributed by atoms with Crippen LogP contribution in [0.3, 0.4) is 0 Å². The fraction of sp³-hybridized carbons (Fsp3) is 0. The molecule has 1 heterocycles. The number of nitrogen functional groups attached to an aromatic ring is 1. The summed E-state index contributed by atoms with van der Waals surface area (Å²) < 4.78 is 17.4. The van der Waals surface area contributed by atoms with Crippen LogP contribution in [0.15, 0.2) is 34.7 Å². The second-order valence-corrected chi connectivity index (χ2v) is 3.21. The van der Waals surface area contributed by atoms with Gasteiger partial charge in [-0.2, -0.15) is 4.39 Å². The van der Waals surface area contributed by atoms with Crippen LogP contribution >= 0.6 is 0 Å². The maximum absolute atomic E-state index is 12.7. The molecule has 0 saturated carbocycles. The van der Waals surface area contributed by atoms with E-state index < -0.39 is 12.0 Å². The van der Waals surface area contributed by atoms with E-state index in [4.69, 9.17) is 15.3 Å². The smallest absolute Gasteiger partial charge is 0.335 e. The van der Waals surface area contributed by atoms with Crippen LogP contribution in [-0.2, 0) is 0 Å². The van der Waals surface area contributed by atoms with Gasteiger partial charge in [-0.3, -0.25) is 0 Å². The minimum Gasteiger partial charge on any atom is -0.478 e. The lowest BCUT2D eigenvalue weighted by Gasteiger charge is -2.03. The molecular weight excluding hydrogens is 213 g/mol. The molecule has 0 amide bonds. The van der Waals surface area contributed by atoms with Gasteiger partial charge in [0, 0.05) is 17.3 Å². The Hall–Kier alpha value is -2.30. The van der Waals surface area contributed by atoms with Gasteiger partial charge in [-0.25, -0.2) is 4.79 Å². The lowest BCUT2D eigenvalue weighted by atomic mass is 10.1. The van der Waals surface area contributed by atoms with E-state index in [-0.39, 0.29) is 11.3 Å². The molecule has 0 radical (unpaired) electrons. The molecule has 0 spiro atoms. The van der Waals surface area contributed by atoms with Crippen molar-refractivity contribution < 1.29 is 18.7 Å². The summed E-state index contributed by atoms with van der Waals surface area (Å²) in [6.45, 7) is 0. The van der Waals surface area contributed by atoms with Gasteiger partial charge in [-0.15, -0.1) is 0 Å². The molecule has 0 atom stereocenters.